The average Bonchev–Trinajstić information content (AvgIpc) is 4.11. The van der Waals surface area contributed by atoms with E-state index in [2.05, 4.69) is 128 Å². The summed E-state index contributed by atoms with van der Waals surface area (Å²) in [6.07, 6.45) is 19.4. The van der Waals surface area contributed by atoms with Gasteiger partial charge in [-0.15, -0.1) is 0 Å². The van der Waals surface area contributed by atoms with E-state index in [4.69, 9.17) is 0 Å². The molecule has 0 unspecified atom stereocenters. The third kappa shape index (κ3) is 8.78. The quantitative estimate of drug-likeness (QED) is 0.0623. The Balaban J connectivity index is 0.612. The first-order valence-electron chi connectivity index (χ1n) is 25.7. The monoisotopic (exact) mass is 871 g/mol. The van der Waals surface area contributed by atoms with Gasteiger partial charge in [0.05, 0.1) is 0 Å². The molecule has 340 valence electrons. The zero-order chi connectivity index (χ0) is 43.7. The molecule has 2 saturated heterocycles. The number of benzene rings is 5. The second kappa shape index (κ2) is 19.1. The number of amides is 4. The van der Waals surface area contributed by atoms with Gasteiger partial charge in [-0.1, -0.05) is 97.1 Å². The van der Waals surface area contributed by atoms with Crippen LogP contribution in [0.4, 0.5) is 9.59 Å². The van der Waals surface area contributed by atoms with Crippen LogP contribution in [0.25, 0.3) is 21.5 Å². The van der Waals surface area contributed by atoms with Crippen LogP contribution < -0.4 is 21.3 Å². The van der Waals surface area contributed by atoms with Crippen molar-refractivity contribution >= 4 is 33.6 Å². The maximum atomic E-state index is 13.2. The lowest BCUT2D eigenvalue weighted by Crippen LogP contribution is -2.44. The van der Waals surface area contributed by atoms with Gasteiger partial charge in [0.15, 0.2) is 0 Å². The first-order chi connectivity index (χ1) is 32.1. The van der Waals surface area contributed by atoms with Crippen molar-refractivity contribution in [1.82, 2.24) is 31.1 Å². The van der Waals surface area contributed by atoms with E-state index in [1.54, 1.807) is 22.3 Å². The Morgan fingerprint density at radius 2 is 0.785 bits per heavy atom. The van der Waals surface area contributed by atoms with E-state index in [1.165, 1.54) is 110 Å². The van der Waals surface area contributed by atoms with Crippen LogP contribution in [-0.4, -0.2) is 60.1 Å². The molecule has 4 bridgehead atoms. The van der Waals surface area contributed by atoms with Crippen LogP contribution in [0, 0.1) is 11.8 Å². The smallest absolute Gasteiger partial charge is 0.315 e. The van der Waals surface area contributed by atoms with Gasteiger partial charge < -0.3 is 21.3 Å². The molecule has 4 amide bonds. The Hall–Kier alpha value is -4.92. The molecule has 0 spiro atoms. The minimum atomic E-state index is -0.0411. The van der Waals surface area contributed by atoms with Crippen molar-refractivity contribution in [3.63, 3.8) is 0 Å². The Kier molecular flexibility index (Phi) is 12.6. The molecule has 4 aliphatic heterocycles. The van der Waals surface area contributed by atoms with Gasteiger partial charge in [0, 0.05) is 49.3 Å². The van der Waals surface area contributed by atoms with E-state index < -0.39 is 0 Å². The summed E-state index contributed by atoms with van der Waals surface area (Å²) in [6, 6.07) is 38.7. The van der Waals surface area contributed by atoms with E-state index in [0.717, 1.165) is 56.8 Å². The predicted molar refractivity (Wildman–Crippen MR) is 263 cm³/mol. The molecule has 0 aromatic heterocycles. The fourth-order valence-corrected chi connectivity index (χ4v) is 13.9. The summed E-state index contributed by atoms with van der Waals surface area (Å²) < 4.78 is 0. The number of carbonyl (C=O) groups excluding carboxylic acids is 2. The van der Waals surface area contributed by atoms with E-state index in [9.17, 15) is 9.59 Å². The summed E-state index contributed by atoms with van der Waals surface area (Å²) in [6.45, 7) is 3.63. The van der Waals surface area contributed by atoms with Crippen molar-refractivity contribution in [2.24, 2.45) is 11.8 Å². The largest absolute Gasteiger partial charge is 0.338 e. The maximum Gasteiger partial charge on any atom is 0.315 e. The molecule has 8 nitrogen and oxygen atoms in total. The van der Waals surface area contributed by atoms with Gasteiger partial charge in [0.1, 0.15) is 0 Å². The van der Waals surface area contributed by atoms with Crippen LogP contribution in [0.2, 0.25) is 0 Å². The lowest BCUT2D eigenvalue weighted by Gasteiger charge is -2.31. The van der Waals surface area contributed by atoms with Crippen molar-refractivity contribution < 1.29 is 9.59 Å². The number of hydrogen-bond donors (Lipinski definition) is 4. The summed E-state index contributed by atoms with van der Waals surface area (Å²) in [7, 11) is 0. The number of carbonyl (C=O) groups is 2. The molecule has 11 rings (SSSR count). The average molecular weight is 871 g/mol. The molecule has 65 heavy (non-hydrogen) atoms. The van der Waals surface area contributed by atoms with Crippen LogP contribution >= 0.6 is 0 Å². The molecule has 2 aliphatic carbocycles. The van der Waals surface area contributed by atoms with Crippen molar-refractivity contribution in [3.8, 4) is 0 Å². The molecule has 6 aliphatic rings. The van der Waals surface area contributed by atoms with Gasteiger partial charge in [-0.3, -0.25) is 9.80 Å². The molecule has 0 radical (unpaired) electrons. The van der Waals surface area contributed by atoms with Crippen LogP contribution in [0.3, 0.4) is 0 Å². The molecule has 4 heterocycles. The molecule has 4 N–H and O–H groups in total. The number of rotatable bonds is 15. The normalized spacial score (nSPS) is 26.9. The molecule has 4 atom stereocenters. The zero-order valence-corrected chi connectivity index (χ0v) is 38.4. The van der Waals surface area contributed by atoms with Gasteiger partial charge in [-0.25, -0.2) is 9.59 Å². The Bertz CT molecular complexity index is 2370. The standard InChI is InChI=1S/C57H70N6O2/c64-56(60-40-23-19-38(20-24-40)32-36-62-52-27-28-53(62)49-15-6-5-14-48(49)52)58-34-9-18-46-42-10-1-3-12-44(42)47(45-13-4-2-11-43(45)46)31-35-59-57(65)61-41-25-21-39(22-26-41)33-37-63-54-29-30-55(63)51-17-8-7-16-50(51)54/h1-8,10-17,38-41,52-55H,9,18-37H2,(H2,58,60,64)(H2,59,61,65)/t38?,39?,40?,41?,52-,53+,54-,55+. The van der Waals surface area contributed by atoms with E-state index in [0.29, 0.717) is 37.3 Å². The number of urea groups is 2. The second-order valence-electron chi connectivity index (χ2n) is 20.7. The van der Waals surface area contributed by atoms with E-state index in [1.807, 2.05) is 0 Å². The highest BCUT2D eigenvalue weighted by atomic mass is 16.2. The number of hydrogen-bond acceptors (Lipinski definition) is 4. The zero-order valence-electron chi connectivity index (χ0n) is 38.4. The second-order valence-corrected chi connectivity index (χ2v) is 20.7. The molecule has 5 aromatic carbocycles. The van der Waals surface area contributed by atoms with Crippen LogP contribution in [0.15, 0.2) is 97.1 Å². The summed E-state index contributed by atoms with van der Waals surface area (Å²) in [5.41, 5.74) is 8.93. The number of fused-ring (bicyclic) bond motifs is 12. The highest BCUT2D eigenvalue weighted by Crippen LogP contribution is 2.54. The van der Waals surface area contributed by atoms with E-state index in [-0.39, 0.29) is 24.1 Å². The number of aryl methyl sites for hydroxylation is 1. The Morgan fingerprint density at radius 1 is 0.431 bits per heavy atom. The minimum absolute atomic E-state index is 0.0274. The van der Waals surface area contributed by atoms with Crippen LogP contribution in [0.1, 0.15) is 154 Å². The van der Waals surface area contributed by atoms with Gasteiger partial charge in [-0.05, 0) is 189 Å². The van der Waals surface area contributed by atoms with Gasteiger partial charge >= 0.3 is 12.1 Å². The first-order valence-corrected chi connectivity index (χ1v) is 25.7. The van der Waals surface area contributed by atoms with Crippen LogP contribution in [-0.2, 0) is 12.8 Å². The van der Waals surface area contributed by atoms with Gasteiger partial charge in [-0.2, -0.15) is 0 Å². The first kappa shape index (κ1) is 42.7. The molecular formula is C57H70N6O2. The third-order valence-electron chi connectivity index (χ3n) is 17.1. The van der Waals surface area contributed by atoms with Crippen molar-refractivity contribution in [1.29, 1.82) is 0 Å². The highest BCUT2D eigenvalue weighted by Gasteiger charge is 2.44. The maximum absolute atomic E-state index is 13.2. The lowest BCUT2D eigenvalue weighted by atomic mass is 9.84. The molecule has 8 heteroatoms. The van der Waals surface area contributed by atoms with Crippen molar-refractivity contribution in [2.45, 2.75) is 145 Å². The number of nitrogens with one attached hydrogen (secondary N) is 4. The third-order valence-corrected chi connectivity index (χ3v) is 17.1. The topological polar surface area (TPSA) is 88.7 Å². The molecule has 5 aromatic rings. The van der Waals surface area contributed by atoms with E-state index >= 15 is 0 Å². The fourth-order valence-electron chi connectivity index (χ4n) is 13.9. The van der Waals surface area contributed by atoms with Crippen molar-refractivity contribution in [3.05, 3.63) is 130 Å². The molecular weight excluding hydrogens is 801 g/mol. The number of nitrogens with zero attached hydrogens (tertiary/aromatic N) is 2. The summed E-state index contributed by atoms with van der Waals surface area (Å²) in [5, 5.41) is 18.1. The minimum Gasteiger partial charge on any atom is -0.338 e. The lowest BCUT2D eigenvalue weighted by molar-refractivity contribution is 0.185. The predicted octanol–water partition coefficient (Wildman–Crippen LogP) is 11.7. The molecule has 2 saturated carbocycles. The summed E-state index contributed by atoms with van der Waals surface area (Å²) >= 11 is 0. The van der Waals surface area contributed by atoms with Gasteiger partial charge in [0.25, 0.3) is 0 Å². The SMILES string of the molecule is O=C(NCCCc1c2ccccc2c(CCNC(=O)NC2CCC(CCN3[C@@H]4CC[C@H]3c3ccccc34)CC2)c2ccccc12)NC1CCC(CCN2[C@@H]3CC[C@H]2c2ccccc23)CC1. The summed E-state index contributed by atoms with van der Waals surface area (Å²) in [4.78, 5) is 31.9. The summed E-state index contributed by atoms with van der Waals surface area (Å²) in [5.74, 6) is 1.51. The Morgan fingerprint density at radius 3 is 1.18 bits per heavy atom. The highest BCUT2D eigenvalue weighted by molar-refractivity contribution is 6.06. The van der Waals surface area contributed by atoms with Crippen LogP contribution in [0.5, 0.6) is 0 Å². The molecule has 4 fully saturated rings. The van der Waals surface area contributed by atoms with Gasteiger partial charge in [0.2, 0.25) is 0 Å². The van der Waals surface area contributed by atoms with Crippen molar-refractivity contribution in [2.75, 3.05) is 26.2 Å². The Labute approximate surface area is 386 Å². The fraction of sp³-hybridized carbons (Fsp3) is 0.509.